The molecule has 0 fully saturated rings. The number of aromatic nitrogens is 4. The summed E-state index contributed by atoms with van der Waals surface area (Å²) in [6.07, 6.45) is 11.3. The second-order valence-corrected chi connectivity index (χ2v) is 19.2. The molecule has 2 atom stereocenters. The minimum Gasteiger partial charge on any atom is -0.506 e. The molecule has 16 heteroatoms. The Morgan fingerprint density at radius 1 is 0.553 bits per heavy atom. The number of rotatable bonds is 18. The fourth-order valence-electron chi connectivity index (χ4n) is 10.7. The van der Waals surface area contributed by atoms with Gasteiger partial charge in [0.1, 0.15) is 24.4 Å². The van der Waals surface area contributed by atoms with Crippen molar-refractivity contribution in [2.75, 3.05) is 31.1 Å². The summed E-state index contributed by atoms with van der Waals surface area (Å²) in [5, 5.41) is 11.9. The number of benzene rings is 3. The fourth-order valence-corrected chi connectivity index (χ4v) is 10.7. The van der Waals surface area contributed by atoms with Gasteiger partial charge in [0.15, 0.2) is 12.3 Å². The monoisotopic (exact) mass is 1020 g/mol. The molecule has 0 spiro atoms. The minimum absolute atomic E-state index is 0.0285. The van der Waals surface area contributed by atoms with Crippen LogP contribution in [0.2, 0.25) is 0 Å². The molecular formula is C60H57N6O10+. The average molecular weight is 1020 g/mol. The van der Waals surface area contributed by atoms with E-state index in [9.17, 15) is 48.3 Å². The van der Waals surface area contributed by atoms with E-state index in [0.29, 0.717) is 37.1 Å². The molecule has 0 radical (unpaired) electrons. The summed E-state index contributed by atoms with van der Waals surface area (Å²) in [5.41, 5.74) is -1.50. The molecule has 76 heavy (non-hydrogen) atoms. The molecule has 16 nitrogen and oxygen atoms in total. The van der Waals surface area contributed by atoms with Gasteiger partial charge in [0, 0.05) is 37.5 Å². The van der Waals surface area contributed by atoms with E-state index in [1.807, 2.05) is 37.2 Å². The average Bonchev–Trinajstić information content (AvgIpc) is 4.01. The van der Waals surface area contributed by atoms with Crippen LogP contribution < -0.4 is 49.4 Å². The number of carbonyl (C=O) groups is 1. The fraction of sp³-hybridized carbons (Fsp3) is 0.333. The van der Waals surface area contributed by atoms with Gasteiger partial charge in [0.05, 0.1) is 60.8 Å². The molecule has 3 aromatic carbocycles. The lowest BCUT2D eigenvalue weighted by atomic mass is 9.80. The lowest BCUT2D eigenvalue weighted by Crippen LogP contribution is -2.34. The number of aliphatic hydroxyl groups is 1. The standard InChI is InChI=1S/C60H56N6O10/c1-7-13-17-39(15-9-3)65-57(73)45-31-41-42(32-46(45)58(65)74)54(70)63(53(41)69)29-27-61(11-5)37-23-19-35(20-24-37)49-51(67)50(52(49)68)36-21-25-38(26-22-36)62(12-6)28-30-64-55(71)43-33-47-48(34-44(43)56(64)72)60(76)66(59(47)75)40(16-10-4)18-14-8-2/h19-26,31-34,39-40H,7-8,11-14,17-18,27-30H2,1-6H3/p+1. The number of likely N-dealkylation sites (N-methyl/N-ethyl adjacent to an activating group) is 2. The molecule has 0 saturated carbocycles. The van der Waals surface area contributed by atoms with E-state index in [0.717, 1.165) is 55.4 Å². The van der Waals surface area contributed by atoms with E-state index >= 15 is 0 Å². The second kappa shape index (κ2) is 21.2. The Labute approximate surface area is 435 Å². The zero-order valence-electron chi connectivity index (χ0n) is 43.4. The summed E-state index contributed by atoms with van der Waals surface area (Å²) < 4.78 is 6.48. The topological polar surface area (TPSA) is 200 Å². The molecule has 0 saturated heterocycles. The first-order valence-corrected chi connectivity index (χ1v) is 25.9. The van der Waals surface area contributed by atoms with Crippen molar-refractivity contribution in [2.45, 2.75) is 105 Å². The van der Waals surface area contributed by atoms with E-state index in [-0.39, 0.29) is 92.0 Å². The van der Waals surface area contributed by atoms with Crippen LogP contribution in [0.4, 0.5) is 5.69 Å². The Morgan fingerprint density at radius 2 is 0.974 bits per heavy atom. The van der Waals surface area contributed by atoms with Gasteiger partial charge in [-0.3, -0.25) is 61.4 Å². The SMILES string of the molecule is CC#CC(CCCC)n1c(=O)c2cc3c(=O)n(CCN(CC)c4ccc(C5=C(O)C(=C6C=CC(=[N+](CC)CCn7c(=O)c8cc9c(=O)n(C(C#CC)CCCC)c(=O)c9cc8c7=O)C=C6)C5=O)cc4)c(=O)c3cc2c1=O. The maximum Gasteiger partial charge on any atom is 0.262 e. The Balaban J connectivity index is 0.885. The highest BCUT2D eigenvalue weighted by atomic mass is 16.3. The third kappa shape index (κ3) is 8.77. The van der Waals surface area contributed by atoms with Crippen LogP contribution in [0.3, 0.4) is 0 Å². The third-order valence-electron chi connectivity index (χ3n) is 14.8. The van der Waals surface area contributed by atoms with Crippen LogP contribution in [-0.2, 0) is 17.9 Å². The predicted octanol–water partition coefficient (Wildman–Crippen LogP) is 5.62. The maximum atomic E-state index is 13.7. The number of unbranched alkanes of at least 4 members (excludes halogenated alkanes) is 2. The van der Waals surface area contributed by atoms with Gasteiger partial charge in [-0.2, -0.15) is 0 Å². The molecule has 7 aromatic rings. The highest BCUT2D eigenvalue weighted by Gasteiger charge is 2.37. The zero-order chi connectivity index (χ0) is 54.3. The van der Waals surface area contributed by atoms with E-state index in [4.69, 9.17) is 0 Å². The van der Waals surface area contributed by atoms with Crippen LogP contribution in [0.1, 0.15) is 97.7 Å². The molecule has 2 aliphatic rings. The van der Waals surface area contributed by atoms with E-state index in [1.165, 1.54) is 24.3 Å². The number of hydrogen-bond donors (Lipinski definition) is 1. The van der Waals surface area contributed by atoms with Crippen molar-refractivity contribution < 1.29 is 14.5 Å². The molecule has 2 unspecified atom stereocenters. The van der Waals surface area contributed by atoms with Crippen molar-refractivity contribution in [3.05, 3.63) is 178 Å². The smallest absolute Gasteiger partial charge is 0.262 e. The first kappa shape index (κ1) is 52.1. The molecular weight excluding hydrogens is 965 g/mol. The number of anilines is 1. The van der Waals surface area contributed by atoms with Gasteiger partial charge in [0.2, 0.25) is 5.78 Å². The van der Waals surface area contributed by atoms with Gasteiger partial charge in [0.25, 0.3) is 44.5 Å². The molecule has 2 aliphatic carbocycles. The van der Waals surface area contributed by atoms with Crippen molar-refractivity contribution in [2.24, 2.45) is 0 Å². The summed E-state index contributed by atoms with van der Waals surface area (Å²) in [7, 11) is 0. The van der Waals surface area contributed by atoms with Crippen LogP contribution in [0.25, 0.3) is 48.7 Å². The van der Waals surface area contributed by atoms with Crippen LogP contribution in [0.15, 0.2) is 128 Å². The first-order valence-electron chi connectivity index (χ1n) is 25.9. The minimum atomic E-state index is -0.606. The number of allylic oxidation sites excluding steroid dienone is 7. The second-order valence-electron chi connectivity index (χ2n) is 19.2. The number of carbonyl (C=O) groups excluding carboxylic acids is 1. The molecule has 1 N–H and O–H groups in total. The van der Waals surface area contributed by atoms with Crippen LogP contribution in [0.5, 0.6) is 0 Å². The van der Waals surface area contributed by atoms with Gasteiger partial charge < -0.3 is 10.0 Å². The van der Waals surface area contributed by atoms with Gasteiger partial charge in [-0.15, -0.1) is 11.8 Å². The molecule has 0 bridgehead atoms. The van der Waals surface area contributed by atoms with Crippen LogP contribution in [0, 0.1) is 23.7 Å². The summed E-state index contributed by atoms with van der Waals surface area (Å²) in [6.45, 7) is 12.8. The van der Waals surface area contributed by atoms with Crippen LogP contribution >= 0.6 is 0 Å². The van der Waals surface area contributed by atoms with Gasteiger partial charge in [-0.25, -0.2) is 4.58 Å². The first-order chi connectivity index (χ1) is 36.6. The number of nitrogens with zero attached hydrogens (tertiary/aromatic N) is 6. The van der Waals surface area contributed by atoms with Gasteiger partial charge in [-0.1, -0.05) is 63.5 Å². The van der Waals surface area contributed by atoms with E-state index in [1.54, 1.807) is 62.4 Å². The number of ketones is 1. The van der Waals surface area contributed by atoms with Crippen molar-refractivity contribution in [1.82, 2.24) is 18.3 Å². The van der Waals surface area contributed by atoms with Crippen molar-refractivity contribution in [3.8, 4) is 23.7 Å². The highest BCUT2D eigenvalue weighted by molar-refractivity contribution is 6.39. The largest absolute Gasteiger partial charge is 0.506 e. The summed E-state index contributed by atoms with van der Waals surface area (Å²) in [4.78, 5) is 124. The molecule has 386 valence electrons. The maximum absolute atomic E-state index is 13.7. The molecule has 4 aromatic heterocycles. The van der Waals surface area contributed by atoms with Gasteiger partial charge in [-0.05, 0) is 100 Å². The number of fused-ring (bicyclic) bond motifs is 4. The van der Waals surface area contributed by atoms with E-state index < -0.39 is 56.6 Å². The summed E-state index contributed by atoms with van der Waals surface area (Å²) in [5.74, 6) is 11.1. The molecule has 0 amide bonds. The summed E-state index contributed by atoms with van der Waals surface area (Å²) in [6, 6.07) is 11.3. The number of Topliss-reactive ketones (excluding diaryl/α,β-unsaturated/α-hetero) is 1. The number of hydrogen-bond acceptors (Lipinski definition) is 11. The normalized spacial score (nSPS) is 14.2. The van der Waals surface area contributed by atoms with Crippen molar-refractivity contribution >= 4 is 65.8 Å². The van der Waals surface area contributed by atoms with Crippen LogP contribution in [-0.4, -0.2) is 65.6 Å². The number of aliphatic hydroxyl groups excluding tert-OH is 1. The Morgan fingerprint density at radius 3 is 1.36 bits per heavy atom. The quantitative estimate of drug-likeness (QED) is 0.0636. The van der Waals surface area contributed by atoms with Crippen molar-refractivity contribution in [3.63, 3.8) is 0 Å². The third-order valence-corrected chi connectivity index (χ3v) is 14.8. The highest BCUT2D eigenvalue weighted by Crippen LogP contribution is 2.39. The lowest BCUT2D eigenvalue weighted by molar-refractivity contribution is -0.524. The Hall–Kier alpha value is -8.76. The van der Waals surface area contributed by atoms with E-state index in [2.05, 4.69) is 23.7 Å². The Kier molecular flexibility index (Phi) is 14.6. The summed E-state index contributed by atoms with van der Waals surface area (Å²) >= 11 is 0. The molecule has 9 rings (SSSR count). The molecule has 0 aliphatic heterocycles. The van der Waals surface area contributed by atoms with Gasteiger partial charge >= 0.3 is 0 Å². The lowest BCUT2D eigenvalue weighted by Gasteiger charge is -2.25. The predicted molar refractivity (Wildman–Crippen MR) is 299 cm³/mol. The Bertz CT molecular complexity index is 4140. The van der Waals surface area contributed by atoms with Crippen molar-refractivity contribution in [1.29, 1.82) is 0 Å². The zero-order valence-corrected chi connectivity index (χ0v) is 43.4. The molecule has 4 heterocycles.